The zero-order chi connectivity index (χ0) is 13.9. The van der Waals surface area contributed by atoms with Crippen LogP contribution in [0.3, 0.4) is 0 Å². The van der Waals surface area contributed by atoms with Gasteiger partial charge < -0.3 is 9.88 Å². The van der Waals surface area contributed by atoms with E-state index in [1.165, 1.54) is 4.88 Å². The summed E-state index contributed by atoms with van der Waals surface area (Å²) in [5.41, 5.74) is 0.539. The first-order valence-electron chi connectivity index (χ1n) is 6.76. The normalized spacial score (nSPS) is 15.7. The molecule has 20 heavy (non-hydrogen) atoms. The molecule has 3 rings (SSSR count). The predicted molar refractivity (Wildman–Crippen MR) is 83.2 cm³/mol. The van der Waals surface area contributed by atoms with Crippen molar-refractivity contribution < 1.29 is 4.79 Å². The lowest BCUT2D eigenvalue weighted by Crippen LogP contribution is -2.27. The molecule has 1 amide bonds. The van der Waals surface area contributed by atoms with E-state index < -0.39 is 0 Å². The van der Waals surface area contributed by atoms with Gasteiger partial charge in [-0.1, -0.05) is 13.0 Å². The molecule has 0 aliphatic carbocycles. The predicted octanol–water partition coefficient (Wildman–Crippen LogP) is 3.07. The topological polar surface area (TPSA) is 46.9 Å². The third-order valence-corrected chi connectivity index (χ3v) is 5.32. The minimum atomic E-state index is -0.0721. The first-order valence-corrected chi connectivity index (χ1v) is 8.79. The molecule has 6 heteroatoms. The number of rotatable bonds is 4. The summed E-state index contributed by atoms with van der Waals surface area (Å²) in [6, 6.07) is 4.16. The number of carbonyl (C=O) groups is 1. The zero-order valence-corrected chi connectivity index (χ0v) is 13.0. The minimum Gasteiger partial charge on any atom is -0.343 e. The molecule has 0 saturated carbocycles. The summed E-state index contributed by atoms with van der Waals surface area (Å²) in [6.07, 6.45) is 2.77. The van der Waals surface area contributed by atoms with Gasteiger partial charge in [-0.3, -0.25) is 4.79 Å². The Morgan fingerprint density at radius 3 is 3.20 bits per heavy atom. The van der Waals surface area contributed by atoms with Crippen molar-refractivity contribution in [3.05, 3.63) is 40.1 Å². The number of hydrogen-bond donors (Lipinski definition) is 1. The first-order chi connectivity index (χ1) is 9.78. The van der Waals surface area contributed by atoms with Gasteiger partial charge in [-0.2, -0.15) is 11.8 Å². The lowest BCUT2D eigenvalue weighted by molar-refractivity contribution is 0.0931. The van der Waals surface area contributed by atoms with Crippen LogP contribution in [0.25, 0.3) is 0 Å². The van der Waals surface area contributed by atoms with Crippen LogP contribution in [0, 0.1) is 0 Å². The second-order valence-electron chi connectivity index (χ2n) is 4.74. The van der Waals surface area contributed by atoms with Crippen molar-refractivity contribution in [2.24, 2.45) is 0 Å². The first kappa shape index (κ1) is 13.7. The number of hydrogen-bond acceptors (Lipinski definition) is 4. The van der Waals surface area contributed by atoms with Gasteiger partial charge in [-0.25, -0.2) is 4.98 Å². The fraction of sp³-hybridized carbons (Fsp3) is 0.429. The Balaban J connectivity index is 1.74. The molecule has 0 spiro atoms. The van der Waals surface area contributed by atoms with Gasteiger partial charge in [0.05, 0.1) is 11.8 Å². The second-order valence-corrected chi connectivity index (χ2v) is 6.82. The van der Waals surface area contributed by atoms with Crippen LogP contribution < -0.4 is 5.32 Å². The van der Waals surface area contributed by atoms with Gasteiger partial charge in [0, 0.05) is 23.4 Å². The van der Waals surface area contributed by atoms with Gasteiger partial charge in [0.25, 0.3) is 5.91 Å². The highest BCUT2D eigenvalue weighted by atomic mass is 32.2. The third-order valence-electron chi connectivity index (χ3n) is 3.40. The van der Waals surface area contributed by atoms with Crippen LogP contribution in [0.4, 0.5) is 0 Å². The van der Waals surface area contributed by atoms with Gasteiger partial charge in [-0.05, 0) is 17.9 Å². The summed E-state index contributed by atoms with van der Waals surface area (Å²) in [7, 11) is 0. The molecule has 0 saturated heterocycles. The third kappa shape index (κ3) is 2.76. The molecule has 1 aliphatic heterocycles. The van der Waals surface area contributed by atoms with E-state index in [0.29, 0.717) is 5.69 Å². The number of imidazole rings is 1. The maximum absolute atomic E-state index is 12.3. The Hall–Kier alpha value is -1.27. The molecule has 2 aromatic rings. The fourth-order valence-corrected chi connectivity index (χ4v) is 4.04. The van der Waals surface area contributed by atoms with E-state index in [-0.39, 0.29) is 11.9 Å². The average molecular weight is 307 g/mol. The van der Waals surface area contributed by atoms with E-state index in [1.54, 1.807) is 11.3 Å². The summed E-state index contributed by atoms with van der Waals surface area (Å²) in [5, 5.41) is 5.12. The van der Waals surface area contributed by atoms with Crippen molar-refractivity contribution in [3.63, 3.8) is 0 Å². The molecule has 0 aromatic carbocycles. The van der Waals surface area contributed by atoms with Crippen molar-refractivity contribution in [1.29, 1.82) is 0 Å². The maximum atomic E-state index is 12.3. The zero-order valence-electron chi connectivity index (χ0n) is 11.3. The number of nitrogens with zero attached hydrogens (tertiary/aromatic N) is 2. The van der Waals surface area contributed by atoms with E-state index in [9.17, 15) is 4.79 Å². The highest BCUT2D eigenvalue weighted by Crippen LogP contribution is 2.23. The van der Waals surface area contributed by atoms with Crippen LogP contribution in [0.1, 0.15) is 40.6 Å². The van der Waals surface area contributed by atoms with Gasteiger partial charge in [0.2, 0.25) is 0 Å². The Kier molecular flexibility index (Phi) is 4.12. The van der Waals surface area contributed by atoms with Crippen LogP contribution in [0.5, 0.6) is 0 Å². The molecule has 3 heterocycles. The van der Waals surface area contributed by atoms with E-state index in [4.69, 9.17) is 0 Å². The summed E-state index contributed by atoms with van der Waals surface area (Å²) < 4.78 is 2.09. The van der Waals surface area contributed by atoms with Gasteiger partial charge in [0.1, 0.15) is 11.5 Å². The lowest BCUT2D eigenvalue weighted by Gasteiger charge is -2.14. The quantitative estimate of drug-likeness (QED) is 0.944. The molecule has 1 N–H and O–H groups in total. The smallest absolute Gasteiger partial charge is 0.271 e. The summed E-state index contributed by atoms with van der Waals surface area (Å²) in [5.74, 6) is 2.93. The van der Waals surface area contributed by atoms with Crippen molar-refractivity contribution in [1.82, 2.24) is 14.9 Å². The number of aryl methyl sites for hydroxylation is 1. The van der Waals surface area contributed by atoms with Crippen LogP contribution >= 0.6 is 23.1 Å². The van der Waals surface area contributed by atoms with Crippen LogP contribution in [-0.4, -0.2) is 21.2 Å². The maximum Gasteiger partial charge on any atom is 0.271 e. The Labute approximate surface area is 126 Å². The summed E-state index contributed by atoms with van der Waals surface area (Å²) in [6.45, 7) is 3.03. The van der Waals surface area contributed by atoms with Gasteiger partial charge in [0.15, 0.2) is 0 Å². The van der Waals surface area contributed by atoms with E-state index >= 15 is 0 Å². The molecule has 0 fully saturated rings. The Morgan fingerprint density at radius 2 is 2.50 bits per heavy atom. The van der Waals surface area contributed by atoms with E-state index in [1.807, 2.05) is 29.4 Å². The molecule has 1 aliphatic rings. The average Bonchev–Trinajstić information content (AvgIpc) is 3.13. The van der Waals surface area contributed by atoms with Gasteiger partial charge >= 0.3 is 0 Å². The number of thiophene rings is 1. The van der Waals surface area contributed by atoms with E-state index in [0.717, 1.165) is 30.3 Å². The van der Waals surface area contributed by atoms with Crippen LogP contribution in [0.2, 0.25) is 0 Å². The molecule has 2 aromatic heterocycles. The molecule has 0 radical (unpaired) electrons. The minimum absolute atomic E-state index is 0.0721. The van der Waals surface area contributed by atoms with Crippen molar-refractivity contribution in [3.8, 4) is 0 Å². The monoisotopic (exact) mass is 307 g/mol. The van der Waals surface area contributed by atoms with E-state index in [2.05, 4.69) is 27.9 Å². The van der Waals surface area contributed by atoms with Crippen molar-refractivity contribution >= 4 is 29.0 Å². The molecule has 1 unspecified atom stereocenters. The molecule has 1 atom stereocenters. The molecular formula is C14H17N3OS2. The standard InChI is InChI=1S/C14H17N3OS2/c1-2-10(12-4-3-6-20-12)16-14(18)11-8-17-5-7-19-9-13(17)15-11/h3-4,6,8,10H,2,5,7,9H2,1H3,(H,16,18). The molecule has 0 bridgehead atoms. The Morgan fingerprint density at radius 1 is 1.60 bits per heavy atom. The van der Waals surface area contributed by atoms with Crippen LogP contribution in [-0.2, 0) is 12.3 Å². The van der Waals surface area contributed by atoms with Crippen molar-refractivity contribution in [2.75, 3.05) is 5.75 Å². The summed E-state index contributed by atoms with van der Waals surface area (Å²) >= 11 is 3.54. The number of carbonyl (C=O) groups excluding carboxylic acids is 1. The SMILES string of the molecule is CCC(NC(=O)c1cn2c(n1)CSCC2)c1cccs1. The van der Waals surface area contributed by atoms with Crippen molar-refractivity contribution in [2.45, 2.75) is 31.7 Å². The highest BCUT2D eigenvalue weighted by Gasteiger charge is 2.20. The second kappa shape index (κ2) is 6.01. The number of fused-ring (bicyclic) bond motifs is 1. The number of nitrogens with one attached hydrogen (secondary N) is 1. The highest BCUT2D eigenvalue weighted by molar-refractivity contribution is 7.98. The Bertz CT molecular complexity index is 568. The molecular weight excluding hydrogens is 290 g/mol. The van der Waals surface area contributed by atoms with Gasteiger partial charge in [-0.15, -0.1) is 11.3 Å². The molecule has 4 nitrogen and oxygen atoms in total. The number of thioether (sulfide) groups is 1. The largest absolute Gasteiger partial charge is 0.343 e. The lowest BCUT2D eigenvalue weighted by atomic mass is 10.2. The van der Waals surface area contributed by atoms with Crippen LogP contribution in [0.15, 0.2) is 23.7 Å². The number of aromatic nitrogens is 2. The number of amides is 1. The molecule has 106 valence electrons. The summed E-state index contributed by atoms with van der Waals surface area (Å²) in [4.78, 5) is 18.0. The fourth-order valence-electron chi connectivity index (χ4n) is 2.29.